The van der Waals surface area contributed by atoms with Gasteiger partial charge in [-0.1, -0.05) is 0 Å². The molecule has 0 aromatic heterocycles. The van der Waals surface area contributed by atoms with E-state index in [4.69, 9.17) is 10.2 Å². The molecule has 5 nitrogen and oxygen atoms in total. The number of hydrogen-bond acceptors (Lipinski definition) is 5. The van der Waals surface area contributed by atoms with Gasteiger partial charge < -0.3 is 24.9 Å². The number of aliphatic hydroxyl groups excluding tert-OH is 2. The number of aliphatic carboxylic acids is 1. The Bertz CT molecular complexity index is 153. The Kier molecular flexibility index (Phi) is 2.43. The van der Waals surface area contributed by atoms with Crippen LogP contribution in [0.15, 0.2) is 0 Å². The Balaban J connectivity index is 2.22. The smallest absolute Gasteiger partial charge is 0.107 e. The van der Waals surface area contributed by atoms with Crippen LogP contribution in [-0.4, -0.2) is 41.1 Å². The van der Waals surface area contributed by atoms with E-state index in [1.165, 1.54) is 0 Å². The lowest BCUT2D eigenvalue weighted by molar-refractivity contribution is -0.315. The number of carbonyl (C=O) groups excluding carboxylic acids is 1. The molecular weight excluding hydrogens is 152 g/mol. The second-order valence-corrected chi connectivity index (χ2v) is 2.51. The first kappa shape index (κ1) is 8.45. The number of carbonyl (C=O) groups is 1. The van der Waals surface area contributed by atoms with Crippen LogP contribution in [0, 0.1) is 0 Å². The predicted octanol–water partition coefficient (Wildman–Crippen LogP) is -2.75. The van der Waals surface area contributed by atoms with Gasteiger partial charge in [0.05, 0.1) is 24.8 Å². The van der Waals surface area contributed by atoms with Crippen LogP contribution >= 0.6 is 0 Å². The van der Waals surface area contributed by atoms with Crippen molar-refractivity contribution in [2.75, 3.05) is 6.61 Å². The fourth-order valence-corrected chi connectivity index (χ4v) is 0.754. The summed E-state index contributed by atoms with van der Waals surface area (Å²) in [5.41, 5.74) is 0. The van der Waals surface area contributed by atoms with E-state index < -0.39 is 18.2 Å². The number of carboxylic acids is 1. The van der Waals surface area contributed by atoms with Crippen LogP contribution in [0.5, 0.6) is 0 Å². The second-order valence-electron chi connectivity index (χ2n) is 2.51. The zero-order chi connectivity index (χ0) is 8.43. The molecule has 0 spiro atoms. The van der Waals surface area contributed by atoms with Gasteiger partial charge in [-0.3, -0.25) is 0 Å². The molecule has 1 aliphatic rings. The highest BCUT2D eigenvalue weighted by molar-refractivity contribution is 5.69. The SMILES string of the molecule is O=C([O-])[C@@H](O)C[C@H](O)[C@H]1CO1. The Morgan fingerprint density at radius 3 is 2.64 bits per heavy atom. The van der Waals surface area contributed by atoms with Gasteiger partial charge in [-0.25, -0.2) is 0 Å². The number of epoxide rings is 1. The maximum Gasteiger partial charge on any atom is 0.107 e. The van der Waals surface area contributed by atoms with Crippen LogP contribution in [0.4, 0.5) is 0 Å². The maximum absolute atomic E-state index is 9.96. The molecule has 0 bridgehead atoms. The molecule has 0 radical (unpaired) electrons. The number of ether oxygens (including phenoxy) is 1. The summed E-state index contributed by atoms with van der Waals surface area (Å²) in [5, 5.41) is 27.7. The van der Waals surface area contributed by atoms with Crippen molar-refractivity contribution in [3.63, 3.8) is 0 Å². The highest BCUT2D eigenvalue weighted by atomic mass is 16.6. The molecule has 0 unspecified atom stereocenters. The van der Waals surface area contributed by atoms with E-state index in [-0.39, 0.29) is 12.5 Å². The molecule has 0 aromatic rings. The summed E-state index contributed by atoms with van der Waals surface area (Å²) in [6.45, 7) is 0.431. The standard InChI is InChI=1S/C6H10O5/c7-3(5-2-11-5)1-4(8)6(9)10/h3-5,7-8H,1-2H2,(H,9,10)/p-1/t3-,4-,5+/m0/s1. The van der Waals surface area contributed by atoms with E-state index >= 15 is 0 Å². The molecule has 0 amide bonds. The van der Waals surface area contributed by atoms with Gasteiger partial charge in [0.2, 0.25) is 0 Å². The second kappa shape index (κ2) is 3.17. The largest absolute Gasteiger partial charge is 0.547 e. The van der Waals surface area contributed by atoms with Crippen LogP contribution < -0.4 is 5.11 Å². The van der Waals surface area contributed by atoms with Gasteiger partial charge in [0.1, 0.15) is 6.10 Å². The molecule has 1 aliphatic heterocycles. The number of aliphatic hydroxyl groups is 2. The number of rotatable bonds is 4. The van der Waals surface area contributed by atoms with Crippen molar-refractivity contribution in [2.24, 2.45) is 0 Å². The van der Waals surface area contributed by atoms with Crippen molar-refractivity contribution >= 4 is 5.97 Å². The molecule has 64 valence electrons. The zero-order valence-electron chi connectivity index (χ0n) is 5.77. The van der Waals surface area contributed by atoms with Crippen LogP contribution in [-0.2, 0) is 9.53 Å². The zero-order valence-corrected chi connectivity index (χ0v) is 5.77. The molecule has 11 heavy (non-hydrogen) atoms. The first-order chi connectivity index (χ1) is 5.11. The summed E-state index contributed by atoms with van der Waals surface area (Å²) in [6.07, 6.45) is -3.03. The van der Waals surface area contributed by atoms with E-state index in [1.54, 1.807) is 0 Å². The summed E-state index contributed by atoms with van der Waals surface area (Å²) < 4.78 is 4.68. The van der Waals surface area contributed by atoms with Crippen molar-refractivity contribution in [2.45, 2.75) is 24.7 Å². The van der Waals surface area contributed by atoms with E-state index in [2.05, 4.69) is 4.74 Å². The van der Waals surface area contributed by atoms with E-state index in [9.17, 15) is 9.90 Å². The maximum atomic E-state index is 9.96. The lowest BCUT2D eigenvalue weighted by atomic mass is 10.1. The highest BCUT2D eigenvalue weighted by Gasteiger charge is 2.32. The lowest BCUT2D eigenvalue weighted by Crippen LogP contribution is -2.38. The third-order valence-corrected chi connectivity index (χ3v) is 1.53. The minimum atomic E-state index is -1.60. The third-order valence-electron chi connectivity index (χ3n) is 1.53. The van der Waals surface area contributed by atoms with Gasteiger partial charge in [-0.15, -0.1) is 0 Å². The van der Waals surface area contributed by atoms with Crippen LogP contribution in [0.1, 0.15) is 6.42 Å². The van der Waals surface area contributed by atoms with Gasteiger partial charge in [0.25, 0.3) is 0 Å². The van der Waals surface area contributed by atoms with Crippen LogP contribution in [0.3, 0.4) is 0 Å². The molecule has 1 saturated heterocycles. The molecule has 1 heterocycles. The van der Waals surface area contributed by atoms with E-state index in [1.807, 2.05) is 0 Å². The highest BCUT2D eigenvalue weighted by Crippen LogP contribution is 2.17. The molecule has 0 aromatic carbocycles. The van der Waals surface area contributed by atoms with Gasteiger partial charge in [0, 0.05) is 6.42 Å². The van der Waals surface area contributed by atoms with Crippen LogP contribution in [0.25, 0.3) is 0 Å². The molecule has 1 fully saturated rings. The van der Waals surface area contributed by atoms with Crippen molar-refractivity contribution < 1.29 is 24.9 Å². The Hall–Kier alpha value is -0.650. The molecule has 5 heteroatoms. The quantitative estimate of drug-likeness (QED) is 0.436. The summed E-state index contributed by atoms with van der Waals surface area (Å²) in [4.78, 5) is 9.96. The molecule has 3 atom stereocenters. The summed E-state index contributed by atoms with van der Waals surface area (Å²) >= 11 is 0. The monoisotopic (exact) mass is 161 g/mol. The van der Waals surface area contributed by atoms with Gasteiger partial charge in [-0.05, 0) is 0 Å². The predicted molar refractivity (Wildman–Crippen MR) is 31.4 cm³/mol. The molecule has 0 aliphatic carbocycles. The topological polar surface area (TPSA) is 93.1 Å². The fraction of sp³-hybridized carbons (Fsp3) is 0.833. The van der Waals surface area contributed by atoms with Gasteiger partial charge in [-0.2, -0.15) is 0 Å². The Labute approximate surface area is 63.2 Å². The normalized spacial score (nSPS) is 27.6. The molecule has 1 rings (SSSR count). The average Bonchev–Trinajstić information content (AvgIpc) is 2.67. The first-order valence-electron chi connectivity index (χ1n) is 3.30. The van der Waals surface area contributed by atoms with Crippen molar-refractivity contribution in [1.29, 1.82) is 0 Å². The minimum absolute atomic E-state index is 0.229. The van der Waals surface area contributed by atoms with Gasteiger partial charge in [0.15, 0.2) is 0 Å². The van der Waals surface area contributed by atoms with E-state index in [0.29, 0.717) is 6.61 Å². The van der Waals surface area contributed by atoms with Crippen molar-refractivity contribution in [3.05, 3.63) is 0 Å². The fourth-order valence-electron chi connectivity index (χ4n) is 0.754. The van der Waals surface area contributed by atoms with Gasteiger partial charge >= 0.3 is 0 Å². The Morgan fingerprint density at radius 2 is 2.27 bits per heavy atom. The molecule has 2 N–H and O–H groups in total. The summed E-state index contributed by atoms with van der Waals surface area (Å²) in [5.74, 6) is -1.57. The van der Waals surface area contributed by atoms with Crippen molar-refractivity contribution in [1.82, 2.24) is 0 Å². The minimum Gasteiger partial charge on any atom is -0.547 e. The summed E-state index contributed by atoms with van der Waals surface area (Å²) in [7, 11) is 0. The third kappa shape index (κ3) is 2.45. The van der Waals surface area contributed by atoms with Crippen molar-refractivity contribution in [3.8, 4) is 0 Å². The molecule has 0 saturated carbocycles. The van der Waals surface area contributed by atoms with E-state index in [0.717, 1.165) is 0 Å². The van der Waals surface area contributed by atoms with Crippen LogP contribution in [0.2, 0.25) is 0 Å². The number of carboxylic acid groups (broad SMARTS) is 1. The molecular formula is C6H9O5-. The first-order valence-corrected chi connectivity index (χ1v) is 3.30. The Morgan fingerprint density at radius 1 is 1.73 bits per heavy atom. The lowest BCUT2D eigenvalue weighted by Gasteiger charge is -2.14. The number of hydrogen-bond donors (Lipinski definition) is 2. The average molecular weight is 161 g/mol. The summed E-state index contributed by atoms with van der Waals surface area (Å²) in [6, 6.07) is 0.